The zero-order chi connectivity index (χ0) is 23.8. The van der Waals surface area contributed by atoms with Crippen molar-refractivity contribution in [2.24, 2.45) is 0 Å². The third-order valence-corrected chi connectivity index (χ3v) is 5.65. The number of carbonyl (C=O) groups is 2. The van der Waals surface area contributed by atoms with E-state index in [-0.39, 0.29) is 36.9 Å². The minimum atomic E-state index is -0.652. The number of rotatable bonds is 10. The molecular formula is C25H32Cl2N2O3. The van der Waals surface area contributed by atoms with Gasteiger partial charge in [-0.1, -0.05) is 68.2 Å². The van der Waals surface area contributed by atoms with Gasteiger partial charge in [-0.25, -0.2) is 0 Å². The average molecular weight is 479 g/mol. The van der Waals surface area contributed by atoms with E-state index in [1.54, 1.807) is 18.2 Å². The summed E-state index contributed by atoms with van der Waals surface area (Å²) in [5.41, 5.74) is 1.74. The molecule has 0 aliphatic heterocycles. The Kier molecular flexibility index (Phi) is 9.85. The Morgan fingerprint density at radius 3 is 2.34 bits per heavy atom. The van der Waals surface area contributed by atoms with Crippen LogP contribution in [0.1, 0.15) is 58.1 Å². The van der Waals surface area contributed by atoms with Gasteiger partial charge in [-0.2, -0.15) is 0 Å². The highest BCUT2D eigenvalue weighted by Gasteiger charge is 2.30. The number of nitrogens with one attached hydrogen (secondary N) is 1. The predicted octanol–water partition coefficient (Wildman–Crippen LogP) is 5.83. The van der Waals surface area contributed by atoms with Gasteiger partial charge in [-0.05, 0) is 55.5 Å². The smallest absolute Gasteiger partial charge is 0.261 e. The van der Waals surface area contributed by atoms with Crippen molar-refractivity contribution >= 4 is 35.0 Å². The summed E-state index contributed by atoms with van der Waals surface area (Å²) >= 11 is 12.4. The SMILES string of the molecule is CC[C@H](C(=O)NC(C)C)N(Cc1ccc(Cl)cc1Cl)C(=O)COc1ccccc1C(C)C. The maximum absolute atomic E-state index is 13.3. The van der Waals surface area contributed by atoms with Gasteiger partial charge in [-0.3, -0.25) is 9.59 Å². The molecule has 0 unspecified atom stereocenters. The largest absolute Gasteiger partial charge is 0.483 e. The molecule has 32 heavy (non-hydrogen) atoms. The molecule has 2 amide bonds. The van der Waals surface area contributed by atoms with Crippen LogP contribution in [0.25, 0.3) is 0 Å². The quantitative estimate of drug-likeness (QED) is 0.467. The molecule has 0 heterocycles. The Hall–Kier alpha value is -2.24. The molecule has 2 aromatic carbocycles. The van der Waals surface area contributed by atoms with E-state index in [9.17, 15) is 9.59 Å². The fourth-order valence-corrected chi connectivity index (χ4v) is 3.91. The first-order valence-electron chi connectivity index (χ1n) is 10.9. The van der Waals surface area contributed by atoms with Crippen molar-refractivity contribution in [2.75, 3.05) is 6.61 Å². The highest BCUT2D eigenvalue weighted by molar-refractivity contribution is 6.35. The Bertz CT molecular complexity index is 931. The van der Waals surface area contributed by atoms with E-state index >= 15 is 0 Å². The highest BCUT2D eigenvalue weighted by atomic mass is 35.5. The molecule has 7 heteroatoms. The number of benzene rings is 2. The second-order valence-electron chi connectivity index (χ2n) is 8.33. The van der Waals surface area contributed by atoms with Crippen LogP contribution in [0, 0.1) is 0 Å². The molecule has 0 aromatic heterocycles. The van der Waals surface area contributed by atoms with Crippen molar-refractivity contribution in [2.45, 2.75) is 65.6 Å². The Labute approximate surface area is 201 Å². The van der Waals surface area contributed by atoms with E-state index < -0.39 is 6.04 Å². The maximum atomic E-state index is 13.3. The molecule has 2 rings (SSSR count). The highest BCUT2D eigenvalue weighted by Crippen LogP contribution is 2.27. The molecule has 0 fully saturated rings. The molecule has 1 N–H and O–H groups in total. The molecule has 0 saturated carbocycles. The molecule has 0 spiro atoms. The maximum Gasteiger partial charge on any atom is 0.261 e. The summed E-state index contributed by atoms with van der Waals surface area (Å²) in [6.45, 7) is 9.79. The number of para-hydroxylation sites is 1. The van der Waals surface area contributed by atoms with Gasteiger partial charge in [0.2, 0.25) is 5.91 Å². The van der Waals surface area contributed by atoms with Crippen LogP contribution < -0.4 is 10.1 Å². The predicted molar refractivity (Wildman–Crippen MR) is 130 cm³/mol. The first-order valence-corrected chi connectivity index (χ1v) is 11.6. The Balaban J connectivity index is 2.30. The minimum Gasteiger partial charge on any atom is -0.483 e. The molecular weight excluding hydrogens is 447 g/mol. The van der Waals surface area contributed by atoms with Crippen LogP contribution in [0.5, 0.6) is 5.75 Å². The van der Waals surface area contributed by atoms with Crippen LogP contribution in [0.2, 0.25) is 10.0 Å². The molecule has 2 aromatic rings. The number of hydrogen-bond donors (Lipinski definition) is 1. The molecule has 0 bridgehead atoms. The normalized spacial score (nSPS) is 12.0. The first kappa shape index (κ1) is 26.0. The van der Waals surface area contributed by atoms with E-state index in [0.717, 1.165) is 5.56 Å². The monoisotopic (exact) mass is 478 g/mol. The topological polar surface area (TPSA) is 58.6 Å². The van der Waals surface area contributed by atoms with Crippen molar-refractivity contribution in [3.63, 3.8) is 0 Å². The van der Waals surface area contributed by atoms with E-state index in [1.807, 2.05) is 45.0 Å². The van der Waals surface area contributed by atoms with Crippen molar-refractivity contribution in [1.82, 2.24) is 10.2 Å². The molecule has 0 radical (unpaired) electrons. The van der Waals surface area contributed by atoms with Gasteiger partial charge in [0.15, 0.2) is 6.61 Å². The van der Waals surface area contributed by atoms with Crippen LogP contribution in [-0.4, -0.2) is 35.4 Å². The summed E-state index contributed by atoms with van der Waals surface area (Å²) < 4.78 is 5.91. The van der Waals surface area contributed by atoms with Crippen LogP contribution in [0.15, 0.2) is 42.5 Å². The lowest BCUT2D eigenvalue weighted by Gasteiger charge is -2.31. The van der Waals surface area contributed by atoms with Gasteiger partial charge in [0.1, 0.15) is 11.8 Å². The van der Waals surface area contributed by atoms with Gasteiger partial charge in [0.25, 0.3) is 5.91 Å². The van der Waals surface area contributed by atoms with Crippen LogP contribution in [-0.2, 0) is 16.1 Å². The summed E-state index contributed by atoms with van der Waals surface area (Å²) in [5.74, 6) is 0.425. The summed E-state index contributed by atoms with van der Waals surface area (Å²) in [6.07, 6.45) is 0.456. The van der Waals surface area contributed by atoms with E-state index in [1.165, 1.54) is 4.90 Å². The van der Waals surface area contributed by atoms with Crippen LogP contribution in [0.3, 0.4) is 0 Å². The fourth-order valence-electron chi connectivity index (χ4n) is 3.44. The lowest BCUT2D eigenvalue weighted by Crippen LogP contribution is -2.51. The second-order valence-corrected chi connectivity index (χ2v) is 9.17. The summed E-state index contributed by atoms with van der Waals surface area (Å²) in [6, 6.07) is 12.1. The number of nitrogens with zero attached hydrogens (tertiary/aromatic N) is 1. The number of hydrogen-bond acceptors (Lipinski definition) is 3. The van der Waals surface area contributed by atoms with Crippen molar-refractivity contribution in [3.8, 4) is 5.75 Å². The number of ether oxygens (including phenoxy) is 1. The zero-order valence-corrected chi connectivity index (χ0v) is 20.8. The lowest BCUT2D eigenvalue weighted by atomic mass is 10.0. The second kappa shape index (κ2) is 12.1. The number of amides is 2. The minimum absolute atomic E-state index is 0.0400. The summed E-state index contributed by atoms with van der Waals surface area (Å²) in [7, 11) is 0. The molecule has 0 aliphatic carbocycles. The van der Waals surface area contributed by atoms with E-state index in [2.05, 4.69) is 19.2 Å². The van der Waals surface area contributed by atoms with Gasteiger partial charge in [0, 0.05) is 22.6 Å². The number of halogens is 2. The van der Waals surface area contributed by atoms with Crippen LogP contribution in [0.4, 0.5) is 0 Å². The van der Waals surface area contributed by atoms with E-state index in [4.69, 9.17) is 27.9 Å². The fraction of sp³-hybridized carbons (Fsp3) is 0.440. The van der Waals surface area contributed by atoms with Gasteiger partial charge in [0.05, 0.1) is 0 Å². The lowest BCUT2D eigenvalue weighted by molar-refractivity contribution is -0.143. The third-order valence-electron chi connectivity index (χ3n) is 5.06. The van der Waals surface area contributed by atoms with Gasteiger partial charge < -0.3 is 15.0 Å². The molecule has 174 valence electrons. The Morgan fingerprint density at radius 2 is 1.75 bits per heavy atom. The molecule has 0 saturated heterocycles. The van der Waals surface area contributed by atoms with Crippen molar-refractivity contribution < 1.29 is 14.3 Å². The summed E-state index contributed by atoms with van der Waals surface area (Å²) in [4.78, 5) is 27.7. The zero-order valence-electron chi connectivity index (χ0n) is 19.3. The first-order chi connectivity index (χ1) is 15.1. The van der Waals surface area contributed by atoms with Crippen LogP contribution >= 0.6 is 23.2 Å². The van der Waals surface area contributed by atoms with Gasteiger partial charge >= 0.3 is 0 Å². The molecule has 1 atom stereocenters. The average Bonchev–Trinajstić information content (AvgIpc) is 2.73. The number of carbonyl (C=O) groups excluding carboxylic acids is 2. The molecule has 5 nitrogen and oxygen atoms in total. The summed E-state index contributed by atoms with van der Waals surface area (Å²) in [5, 5.41) is 3.86. The van der Waals surface area contributed by atoms with Crippen molar-refractivity contribution in [3.05, 3.63) is 63.6 Å². The molecule has 0 aliphatic rings. The third kappa shape index (κ3) is 7.14. The van der Waals surface area contributed by atoms with Crippen molar-refractivity contribution in [1.29, 1.82) is 0 Å². The standard InChI is InChI=1S/C25H32Cl2N2O3/c1-6-22(25(31)28-17(4)5)29(14-18-11-12-19(26)13-21(18)27)24(30)15-32-23-10-8-7-9-20(23)16(2)3/h7-13,16-17,22H,6,14-15H2,1-5H3,(H,28,31)/t22-/m1/s1. The van der Waals surface area contributed by atoms with Gasteiger partial charge in [-0.15, -0.1) is 0 Å². The van der Waals surface area contributed by atoms with E-state index in [0.29, 0.717) is 27.8 Å². The Morgan fingerprint density at radius 1 is 1.06 bits per heavy atom.